The van der Waals surface area contributed by atoms with Crippen molar-refractivity contribution < 1.29 is 0 Å². The SMILES string of the molecule is Cc1ccc2nc(Cc3ccc(Cl)cc3)c(C#N)n2c1. The maximum Gasteiger partial charge on any atom is 0.148 e. The molecule has 2 heterocycles. The third kappa shape index (κ3) is 2.26. The van der Waals surface area contributed by atoms with Crippen molar-refractivity contribution >= 4 is 17.2 Å². The fraction of sp³-hybridized carbons (Fsp3) is 0.125. The van der Waals surface area contributed by atoms with E-state index in [9.17, 15) is 5.26 Å². The van der Waals surface area contributed by atoms with Crippen molar-refractivity contribution in [2.24, 2.45) is 0 Å². The van der Waals surface area contributed by atoms with Gasteiger partial charge in [-0.2, -0.15) is 5.26 Å². The highest BCUT2D eigenvalue weighted by molar-refractivity contribution is 6.30. The first-order chi connectivity index (χ1) is 9.67. The second-order valence-corrected chi connectivity index (χ2v) is 5.19. The predicted molar refractivity (Wildman–Crippen MR) is 78.9 cm³/mol. The smallest absolute Gasteiger partial charge is 0.148 e. The largest absolute Gasteiger partial charge is 0.291 e. The topological polar surface area (TPSA) is 41.1 Å². The number of hydrogen-bond donors (Lipinski definition) is 0. The summed E-state index contributed by atoms with van der Waals surface area (Å²) in [5.41, 5.74) is 4.38. The maximum atomic E-state index is 9.39. The Labute approximate surface area is 122 Å². The van der Waals surface area contributed by atoms with Gasteiger partial charge in [0, 0.05) is 17.6 Å². The molecule has 98 valence electrons. The van der Waals surface area contributed by atoms with E-state index in [2.05, 4.69) is 11.1 Å². The molecule has 3 rings (SSSR count). The predicted octanol–water partition coefficient (Wildman–Crippen LogP) is 3.76. The van der Waals surface area contributed by atoms with E-state index in [0.717, 1.165) is 22.5 Å². The molecule has 0 N–H and O–H groups in total. The fourth-order valence-corrected chi connectivity index (χ4v) is 2.36. The van der Waals surface area contributed by atoms with Crippen LogP contribution in [0.4, 0.5) is 0 Å². The highest BCUT2D eigenvalue weighted by atomic mass is 35.5. The Kier molecular flexibility index (Phi) is 3.17. The lowest BCUT2D eigenvalue weighted by Gasteiger charge is -1.99. The van der Waals surface area contributed by atoms with Gasteiger partial charge in [0.2, 0.25) is 0 Å². The number of nitriles is 1. The van der Waals surface area contributed by atoms with Crippen LogP contribution in [0, 0.1) is 18.3 Å². The molecule has 0 radical (unpaired) electrons. The van der Waals surface area contributed by atoms with E-state index in [1.165, 1.54) is 0 Å². The van der Waals surface area contributed by atoms with Crippen LogP contribution in [0.25, 0.3) is 5.65 Å². The summed E-state index contributed by atoms with van der Waals surface area (Å²) in [5, 5.41) is 10.1. The Bertz CT molecular complexity index is 810. The van der Waals surface area contributed by atoms with Gasteiger partial charge in [-0.3, -0.25) is 4.40 Å². The average molecular weight is 282 g/mol. The van der Waals surface area contributed by atoms with Gasteiger partial charge in [0.15, 0.2) is 0 Å². The fourth-order valence-electron chi connectivity index (χ4n) is 2.24. The van der Waals surface area contributed by atoms with Crippen LogP contribution >= 0.6 is 11.6 Å². The van der Waals surface area contributed by atoms with Crippen molar-refractivity contribution in [2.45, 2.75) is 13.3 Å². The number of halogens is 1. The van der Waals surface area contributed by atoms with Gasteiger partial charge >= 0.3 is 0 Å². The summed E-state index contributed by atoms with van der Waals surface area (Å²) in [6.45, 7) is 2.00. The molecule has 0 aliphatic heterocycles. The normalized spacial score (nSPS) is 10.7. The maximum absolute atomic E-state index is 9.39. The van der Waals surface area contributed by atoms with Crippen molar-refractivity contribution in [1.82, 2.24) is 9.38 Å². The Morgan fingerprint density at radius 3 is 2.65 bits per heavy atom. The quantitative estimate of drug-likeness (QED) is 0.718. The van der Waals surface area contributed by atoms with Gasteiger partial charge in [-0.15, -0.1) is 0 Å². The highest BCUT2D eigenvalue weighted by Crippen LogP contribution is 2.18. The van der Waals surface area contributed by atoms with Crippen LogP contribution in [0.2, 0.25) is 5.02 Å². The summed E-state index contributed by atoms with van der Waals surface area (Å²) in [7, 11) is 0. The third-order valence-corrected chi connectivity index (χ3v) is 3.48. The van der Waals surface area contributed by atoms with Crippen molar-refractivity contribution in [3.63, 3.8) is 0 Å². The van der Waals surface area contributed by atoms with Crippen LogP contribution in [-0.4, -0.2) is 9.38 Å². The number of pyridine rings is 1. The summed E-state index contributed by atoms with van der Waals surface area (Å²) < 4.78 is 1.85. The minimum atomic E-state index is 0.596. The van der Waals surface area contributed by atoms with Gasteiger partial charge in [-0.05, 0) is 36.2 Å². The third-order valence-electron chi connectivity index (χ3n) is 3.23. The number of fused-ring (bicyclic) bond motifs is 1. The van der Waals surface area contributed by atoms with Gasteiger partial charge < -0.3 is 0 Å². The molecule has 0 aliphatic rings. The lowest BCUT2D eigenvalue weighted by atomic mass is 10.1. The molecule has 0 atom stereocenters. The van der Waals surface area contributed by atoms with Gasteiger partial charge in [0.1, 0.15) is 17.4 Å². The molecule has 0 fully saturated rings. The molecule has 3 aromatic rings. The first kappa shape index (κ1) is 12.7. The standard InChI is InChI=1S/C16H12ClN3/c1-11-2-7-16-19-14(15(9-18)20(16)10-11)8-12-3-5-13(17)6-4-12/h2-7,10H,8H2,1H3. The molecule has 2 aromatic heterocycles. The number of hydrogen-bond acceptors (Lipinski definition) is 2. The van der Waals surface area contributed by atoms with E-state index < -0.39 is 0 Å². The van der Waals surface area contributed by atoms with Gasteiger partial charge in [-0.1, -0.05) is 29.8 Å². The van der Waals surface area contributed by atoms with E-state index >= 15 is 0 Å². The summed E-state index contributed by atoms with van der Waals surface area (Å²) in [4.78, 5) is 4.55. The molecule has 20 heavy (non-hydrogen) atoms. The van der Waals surface area contributed by atoms with E-state index in [0.29, 0.717) is 17.1 Å². The van der Waals surface area contributed by atoms with Gasteiger partial charge in [0.25, 0.3) is 0 Å². The minimum Gasteiger partial charge on any atom is -0.291 e. The van der Waals surface area contributed by atoms with Crippen LogP contribution < -0.4 is 0 Å². The molecule has 0 unspecified atom stereocenters. The van der Waals surface area contributed by atoms with Crippen LogP contribution in [0.1, 0.15) is 22.5 Å². The van der Waals surface area contributed by atoms with E-state index in [1.807, 2.05) is 53.9 Å². The number of imidazole rings is 1. The molecule has 0 spiro atoms. The number of nitrogens with zero attached hydrogens (tertiary/aromatic N) is 3. The number of aryl methyl sites for hydroxylation is 1. The van der Waals surface area contributed by atoms with Crippen molar-refractivity contribution in [1.29, 1.82) is 5.26 Å². The lowest BCUT2D eigenvalue weighted by molar-refractivity contribution is 1.08. The Hall–Kier alpha value is -2.31. The zero-order valence-corrected chi connectivity index (χ0v) is 11.7. The Morgan fingerprint density at radius 2 is 1.95 bits per heavy atom. The van der Waals surface area contributed by atoms with Crippen molar-refractivity contribution in [2.75, 3.05) is 0 Å². The van der Waals surface area contributed by atoms with Gasteiger partial charge in [0.05, 0.1) is 5.69 Å². The number of rotatable bonds is 2. The van der Waals surface area contributed by atoms with Gasteiger partial charge in [-0.25, -0.2) is 4.98 Å². The zero-order chi connectivity index (χ0) is 14.1. The summed E-state index contributed by atoms with van der Waals surface area (Å²) in [6.07, 6.45) is 2.56. The molecule has 0 aliphatic carbocycles. The number of aromatic nitrogens is 2. The first-order valence-electron chi connectivity index (χ1n) is 6.29. The first-order valence-corrected chi connectivity index (χ1v) is 6.67. The van der Waals surface area contributed by atoms with Crippen LogP contribution in [0.5, 0.6) is 0 Å². The van der Waals surface area contributed by atoms with Crippen LogP contribution in [-0.2, 0) is 6.42 Å². The molecule has 4 heteroatoms. The zero-order valence-electron chi connectivity index (χ0n) is 11.0. The van der Waals surface area contributed by atoms with E-state index in [4.69, 9.17) is 11.6 Å². The molecule has 0 bridgehead atoms. The second kappa shape index (κ2) is 4.99. The lowest BCUT2D eigenvalue weighted by Crippen LogP contribution is -1.94. The monoisotopic (exact) mass is 281 g/mol. The minimum absolute atomic E-state index is 0.596. The van der Waals surface area contributed by atoms with Crippen LogP contribution in [0.15, 0.2) is 42.6 Å². The van der Waals surface area contributed by atoms with Crippen molar-refractivity contribution in [3.05, 3.63) is 70.1 Å². The van der Waals surface area contributed by atoms with E-state index in [1.54, 1.807) is 0 Å². The van der Waals surface area contributed by atoms with E-state index in [-0.39, 0.29) is 0 Å². The van der Waals surface area contributed by atoms with Crippen LogP contribution in [0.3, 0.4) is 0 Å². The molecular formula is C16H12ClN3. The molecule has 3 nitrogen and oxygen atoms in total. The summed E-state index contributed by atoms with van der Waals surface area (Å²) in [5.74, 6) is 0. The molecule has 0 saturated carbocycles. The average Bonchev–Trinajstić information content (AvgIpc) is 2.78. The summed E-state index contributed by atoms with van der Waals surface area (Å²) in [6, 6.07) is 13.8. The second-order valence-electron chi connectivity index (χ2n) is 4.76. The molecule has 1 aromatic carbocycles. The Balaban J connectivity index is 2.07. The molecule has 0 amide bonds. The highest BCUT2D eigenvalue weighted by Gasteiger charge is 2.12. The van der Waals surface area contributed by atoms with Crippen molar-refractivity contribution in [3.8, 4) is 6.07 Å². The number of benzene rings is 1. The summed E-state index contributed by atoms with van der Waals surface area (Å²) >= 11 is 5.88. The Morgan fingerprint density at radius 1 is 1.20 bits per heavy atom. The molecular weight excluding hydrogens is 270 g/mol. The molecule has 0 saturated heterocycles.